The third kappa shape index (κ3) is 3.07. The molecule has 0 fully saturated rings. The van der Waals surface area contributed by atoms with Gasteiger partial charge >= 0.3 is 22.8 Å². The number of allylic oxidation sites excluding steroid dienone is 3. The first-order valence-corrected chi connectivity index (χ1v) is 10.8. The molecule has 0 amide bonds. The Bertz CT molecular complexity index is 1630. The van der Waals surface area contributed by atoms with Crippen molar-refractivity contribution in [3.05, 3.63) is 77.4 Å². The molecule has 0 saturated carbocycles. The van der Waals surface area contributed by atoms with E-state index in [0.29, 0.717) is 11.1 Å². The molecule has 0 saturated heterocycles. The zero-order valence-electron chi connectivity index (χ0n) is 19.5. The molecule has 0 aliphatic carbocycles. The number of aromatic hydroxyl groups is 1. The lowest BCUT2D eigenvalue weighted by molar-refractivity contribution is 0.249. The zero-order chi connectivity index (χ0) is 25.2. The van der Waals surface area contributed by atoms with Gasteiger partial charge in [-0.15, -0.1) is 0 Å². The summed E-state index contributed by atoms with van der Waals surface area (Å²) in [4.78, 5) is 51.2. The van der Waals surface area contributed by atoms with Crippen molar-refractivity contribution in [2.45, 2.75) is 25.2 Å². The van der Waals surface area contributed by atoms with Gasteiger partial charge in [0.15, 0.2) is 11.5 Å². The number of rotatable bonds is 4. The summed E-state index contributed by atoms with van der Waals surface area (Å²) in [6.45, 7) is 0.174. The highest BCUT2D eigenvalue weighted by molar-refractivity contribution is 5.62. The second kappa shape index (κ2) is 7.82. The van der Waals surface area contributed by atoms with Gasteiger partial charge in [0.1, 0.15) is 0 Å². The molecule has 3 aromatic rings. The summed E-state index contributed by atoms with van der Waals surface area (Å²) in [5.74, 6) is 0.265. The first kappa shape index (κ1) is 22.4. The monoisotopic (exact) mass is 484 g/mol. The van der Waals surface area contributed by atoms with Gasteiger partial charge in [0.25, 0.3) is 0 Å². The van der Waals surface area contributed by atoms with Gasteiger partial charge in [0.05, 0.1) is 39.4 Å². The second-order valence-electron chi connectivity index (χ2n) is 8.40. The van der Waals surface area contributed by atoms with Crippen LogP contribution in [0.25, 0.3) is 6.08 Å². The minimum atomic E-state index is -0.711. The van der Waals surface area contributed by atoms with Crippen LogP contribution < -0.4 is 32.2 Å². The summed E-state index contributed by atoms with van der Waals surface area (Å²) in [6, 6.07) is 1.86. The van der Waals surface area contributed by atoms with E-state index in [1.165, 1.54) is 47.0 Å². The smallest absolute Gasteiger partial charge is 0.347 e. The van der Waals surface area contributed by atoms with Crippen LogP contribution in [0.2, 0.25) is 0 Å². The second-order valence-corrected chi connectivity index (χ2v) is 8.40. The Morgan fingerprint density at radius 1 is 0.886 bits per heavy atom. The summed E-state index contributed by atoms with van der Waals surface area (Å²) < 4.78 is 17.8. The number of nitrogens with zero attached hydrogens (tertiary/aromatic N) is 6. The van der Waals surface area contributed by atoms with Crippen LogP contribution in [-0.2, 0) is 27.2 Å². The van der Waals surface area contributed by atoms with Crippen LogP contribution in [0.3, 0.4) is 0 Å². The van der Waals surface area contributed by atoms with E-state index in [2.05, 4.69) is 0 Å². The molecule has 5 rings (SSSR count). The molecule has 2 aromatic heterocycles. The molecule has 1 N–H and O–H groups in total. The lowest BCUT2D eigenvalue weighted by atomic mass is 9.94. The number of fused-ring (bicyclic) bond motifs is 4. The van der Waals surface area contributed by atoms with E-state index in [4.69, 9.17) is 9.47 Å². The summed E-state index contributed by atoms with van der Waals surface area (Å²) in [5, 5.41) is 10.2. The van der Waals surface area contributed by atoms with Gasteiger partial charge in [-0.3, -0.25) is 0 Å². The number of ether oxygens (including phenoxy) is 2. The Hall–Kier alpha value is -4.42. The molecule has 13 heteroatoms. The van der Waals surface area contributed by atoms with Crippen LogP contribution in [0, 0.1) is 0 Å². The fourth-order valence-corrected chi connectivity index (χ4v) is 4.79. The molecule has 2 aliphatic rings. The van der Waals surface area contributed by atoms with Gasteiger partial charge in [-0.25, -0.2) is 47.0 Å². The molecule has 13 nitrogen and oxygen atoms in total. The number of phenolic OH excluding ortho intramolecular Hbond substituents is 1. The van der Waals surface area contributed by atoms with Gasteiger partial charge in [0, 0.05) is 14.1 Å². The van der Waals surface area contributed by atoms with Crippen molar-refractivity contribution < 1.29 is 14.6 Å². The van der Waals surface area contributed by atoms with Crippen molar-refractivity contribution in [1.29, 1.82) is 0 Å². The van der Waals surface area contributed by atoms with E-state index in [-0.39, 0.29) is 30.3 Å². The van der Waals surface area contributed by atoms with Crippen molar-refractivity contribution in [2.75, 3.05) is 14.2 Å². The van der Waals surface area contributed by atoms with Crippen molar-refractivity contribution >= 4 is 6.08 Å². The van der Waals surface area contributed by atoms with Crippen molar-refractivity contribution in [1.82, 2.24) is 27.9 Å². The maximum atomic E-state index is 13.0. The Morgan fingerprint density at radius 2 is 1.46 bits per heavy atom. The topological polar surface area (TPSA) is 137 Å². The molecule has 2 atom stereocenters. The Balaban J connectivity index is 1.69. The summed E-state index contributed by atoms with van der Waals surface area (Å²) >= 11 is 0. The van der Waals surface area contributed by atoms with Crippen LogP contribution in [0.1, 0.15) is 17.6 Å². The predicted octanol–water partition coefficient (Wildman–Crippen LogP) is -0.817. The number of phenols is 1. The molecular formula is C22H24N6O7. The number of hydrogen-bond acceptors (Lipinski definition) is 7. The summed E-state index contributed by atoms with van der Waals surface area (Å²) in [6.07, 6.45) is 5.25. The van der Waals surface area contributed by atoms with Gasteiger partial charge in [-0.2, -0.15) is 0 Å². The highest BCUT2D eigenvalue weighted by atomic mass is 16.5. The molecule has 2 aliphatic heterocycles. The van der Waals surface area contributed by atoms with Gasteiger partial charge < -0.3 is 14.6 Å². The van der Waals surface area contributed by atoms with Crippen LogP contribution in [-0.4, -0.2) is 47.2 Å². The van der Waals surface area contributed by atoms with Crippen molar-refractivity contribution in [3.63, 3.8) is 0 Å². The third-order valence-electron chi connectivity index (χ3n) is 6.61. The number of aromatic nitrogens is 6. The molecular weight excluding hydrogens is 460 g/mol. The first-order valence-electron chi connectivity index (χ1n) is 10.8. The standard InChI is InChI=1S/C22H24N6O7/c1-23-19(30)25-8-7-13-14(6-5-12-9-16(34-3)18(29)17(10-12)35-4)27-21(32)24(2)20(31)26(27)11-15(13)28(25)22(23)33/h5-7,9-10,14-15,29H,8,11H2,1-4H3/t14-,15+/m0/s1. The number of methoxy groups -OCH3 is 2. The summed E-state index contributed by atoms with van der Waals surface area (Å²) in [7, 11) is 5.63. The largest absolute Gasteiger partial charge is 0.502 e. The van der Waals surface area contributed by atoms with Crippen LogP contribution in [0.4, 0.5) is 0 Å². The minimum absolute atomic E-state index is 0.0231. The van der Waals surface area contributed by atoms with E-state index in [1.54, 1.807) is 24.3 Å². The van der Waals surface area contributed by atoms with Crippen LogP contribution in [0.5, 0.6) is 17.2 Å². The maximum absolute atomic E-state index is 13.0. The molecule has 184 valence electrons. The maximum Gasteiger partial charge on any atom is 0.347 e. The van der Waals surface area contributed by atoms with Crippen molar-refractivity contribution in [3.8, 4) is 17.2 Å². The van der Waals surface area contributed by atoms with E-state index in [1.807, 2.05) is 6.08 Å². The average Bonchev–Trinajstić information content (AvgIpc) is 3.22. The molecule has 1 aromatic carbocycles. The quantitative estimate of drug-likeness (QED) is 0.478. The summed E-state index contributed by atoms with van der Waals surface area (Å²) in [5.41, 5.74) is -0.664. The predicted molar refractivity (Wildman–Crippen MR) is 124 cm³/mol. The van der Waals surface area contributed by atoms with Crippen LogP contribution in [0.15, 0.2) is 49.0 Å². The highest BCUT2D eigenvalue weighted by Crippen LogP contribution is 2.39. The van der Waals surface area contributed by atoms with Gasteiger partial charge in [-0.05, 0) is 23.3 Å². The molecule has 0 spiro atoms. The Kier molecular flexibility index (Phi) is 5.00. The molecule has 4 heterocycles. The SMILES string of the molecule is COc1cc(C=C[C@H]2C3=CCn4c(=O)n(C)c(=O)n4[C@@H]3Cn3c(=O)n(C)c(=O)n32)cc(OC)c1O. The normalized spacial score (nSPS) is 18.7. The van der Waals surface area contributed by atoms with Crippen molar-refractivity contribution in [2.24, 2.45) is 14.1 Å². The average molecular weight is 484 g/mol. The van der Waals surface area contributed by atoms with E-state index in [0.717, 1.165) is 9.13 Å². The molecule has 0 radical (unpaired) electrons. The fraction of sp³-hybridized carbons (Fsp3) is 0.364. The van der Waals surface area contributed by atoms with Gasteiger partial charge in [0.2, 0.25) is 5.75 Å². The van der Waals surface area contributed by atoms with E-state index >= 15 is 0 Å². The minimum Gasteiger partial charge on any atom is -0.502 e. The number of benzene rings is 1. The Labute approximate surface area is 197 Å². The first-order chi connectivity index (χ1) is 16.7. The third-order valence-corrected chi connectivity index (χ3v) is 6.61. The highest BCUT2D eigenvalue weighted by Gasteiger charge is 2.39. The molecule has 0 unspecified atom stereocenters. The molecule has 35 heavy (non-hydrogen) atoms. The lowest BCUT2D eigenvalue weighted by Gasteiger charge is -2.36. The van der Waals surface area contributed by atoms with Crippen LogP contribution >= 0.6 is 0 Å². The van der Waals surface area contributed by atoms with E-state index < -0.39 is 34.8 Å². The van der Waals surface area contributed by atoms with E-state index in [9.17, 15) is 24.3 Å². The molecule has 0 bridgehead atoms. The Morgan fingerprint density at radius 3 is 2.06 bits per heavy atom. The van der Waals surface area contributed by atoms with Gasteiger partial charge in [-0.1, -0.05) is 18.2 Å². The number of hydrogen-bond donors (Lipinski definition) is 1. The zero-order valence-corrected chi connectivity index (χ0v) is 19.5. The fourth-order valence-electron chi connectivity index (χ4n) is 4.79. The lowest BCUT2D eigenvalue weighted by Crippen LogP contribution is -2.46.